The highest BCUT2D eigenvalue weighted by Gasteiger charge is 2.09. The van der Waals surface area contributed by atoms with E-state index in [0.717, 1.165) is 11.1 Å². The summed E-state index contributed by atoms with van der Waals surface area (Å²) in [5.74, 6) is 0.587. The molecule has 0 bridgehead atoms. The monoisotopic (exact) mass is 253 g/mol. The molecule has 1 heterocycles. The van der Waals surface area contributed by atoms with Crippen LogP contribution in [0, 0.1) is 6.92 Å². The van der Waals surface area contributed by atoms with Gasteiger partial charge in [-0.25, -0.2) is 0 Å². The summed E-state index contributed by atoms with van der Waals surface area (Å²) in [7, 11) is 0. The lowest BCUT2D eigenvalue weighted by molar-refractivity contribution is 0.0988. The first-order valence-corrected chi connectivity index (χ1v) is 6.61. The number of carbonyl (C=O) groups is 1. The number of Topliss-reactive ketones (excluding diaryl/α,β-unsaturated/α-hetero) is 1. The van der Waals surface area contributed by atoms with Gasteiger partial charge in [-0.15, -0.1) is 0 Å². The third-order valence-corrected chi connectivity index (χ3v) is 3.21. The van der Waals surface area contributed by atoms with Gasteiger partial charge >= 0.3 is 0 Å². The summed E-state index contributed by atoms with van der Waals surface area (Å²) in [5.41, 5.74) is 3.95. The molecule has 0 saturated carbocycles. The van der Waals surface area contributed by atoms with E-state index in [1.807, 2.05) is 31.2 Å². The Bertz CT molecular complexity index is 570. The van der Waals surface area contributed by atoms with Gasteiger partial charge in [0.2, 0.25) is 0 Å². The van der Waals surface area contributed by atoms with Gasteiger partial charge in [0.25, 0.3) is 0 Å². The number of aryl methyl sites for hydroxylation is 1. The smallest absolute Gasteiger partial charge is 0.185 e. The molecular weight excluding hydrogens is 234 g/mol. The molecule has 0 aliphatic heterocycles. The number of nitrogens with zero attached hydrogens (tertiary/aromatic N) is 1. The van der Waals surface area contributed by atoms with Gasteiger partial charge in [-0.3, -0.25) is 9.78 Å². The first-order valence-electron chi connectivity index (χ1n) is 6.61. The highest BCUT2D eigenvalue weighted by molar-refractivity contribution is 5.95. The lowest BCUT2D eigenvalue weighted by Gasteiger charge is -2.06. The van der Waals surface area contributed by atoms with Crippen molar-refractivity contribution in [2.75, 3.05) is 0 Å². The Kier molecular flexibility index (Phi) is 4.10. The van der Waals surface area contributed by atoms with Crippen LogP contribution in [0.25, 0.3) is 0 Å². The maximum Gasteiger partial charge on any atom is 0.185 e. The molecule has 0 radical (unpaired) electrons. The molecule has 0 atom stereocenters. The molecule has 0 spiro atoms. The molecule has 0 saturated heterocycles. The SMILES string of the molecule is Cc1ccnc(C(=O)Cc2ccc(C(C)C)cc2)c1. The summed E-state index contributed by atoms with van der Waals surface area (Å²) in [6, 6.07) is 12.0. The van der Waals surface area contributed by atoms with Crippen LogP contribution in [0.5, 0.6) is 0 Å². The first-order chi connectivity index (χ1) is 9.06. The van der Waals surface area contributed by atoms with Crippen molar-refractivity contribution in [3.63, 3.8) is 0 Å². The van der Waals surface area contributed by atoms with E-state index < -0.39 is 0 Å². The third kappa shape index (κ3) is 3.50. The predicted molar refractivity (Wildman–Crippen MR) is 77.5 cm³/mol. The first kappa shape index (κ1) is 13.5. The van der Waals surface area contributed by atoms with Crippen molar-refractivity contribution in [1.82, 2.24) is 4.98 Å². The predicted octanol–water partition coefficient (Wildman–Crippen LogP) is 3.94. The van der Waals surface area contributed by atoms with Crippen LogP contribution in [0.4, 0.5) is 0 Å². The largest absolute Gasteiger partial charge is 0.292 e. The van der Waals surface area contributed by atoms with E-state index in [0.29, 0.717) is 18.0 Å². The Morgan fingerprint density at radius 1 is 1.16 bits per heavy atom. The molecule has 98 valence electrons. The average molecular weight is 253 g/mol. The Balaban J connectivity index is 2.10. The molecule has 2 aromatic rings. The molecule has 19 heavy (non-hydrogen) atoms. The van der Waals surface area contributed by atoms with Gasteiger partial charge in [0.15, 0.2) is 5.78 Å². The lowest BCUT2D eigenvalue weighted by atomic mass is 9.99. The second-order valence-corrected chi connectivity index (χ2v) is 5.21. The molecule has 0 unspecified atom stereocenters. The summed E-state index contributed by atoms with van der Waals surface area (Å²) >= 11 is 0. The van der Waals surface area contributed by atoms with Crippen LogP contribution >= 0.6 is 0 Å². The number of ketones is 1. The van der Waals surface area contributed by atoms with Crippen molar-refractivity contribution in [2.24, 2.45) is 0 Å². The minimum atomic E-state index is 0.0704. The summed E-state index contributed by atoms with van der Waals surface area (Å²) in [6.45, 7) is 6.30. The molecule has 2 heteroatoms. The fraction of sp³-hybridized carbons (Fsp3) is 0.294. The molecule has 0 aliphatic rings. The van der Waals surface area contributed by atoms with Crippen LogP contribution in [-0.2, 0) is 6.42 Å². The molecule has 0 N–H and O–H groups in total. The lowest BCUT2D eigenvalue weighted by Crippen LogP contribution is -2.06. The van der Waals surface area contributed by atoms with Crippen molar-refractivity contribution < 1.29 is 4.79 Å². The highest BCUT2D eigenvalue weighted by atomic mass is 16.1. The van der Waals surface area contributed by atoms with Crippen molar-refractivity contribution in [1.29, 1.82) is 0 Å². The van der Waals surface area contributed by atoms with Crippen LogP contribution in [0.3, 0.4) is 0 Å². The number of pyridine rings is 1. The van der Waals surface area contributed by atoms with Gasteiger partial charge < -0.3 is 0 Å². The Hall–Kier alpha value is -1.96. The molecule has 0 fully saturated rings. The maximum atomic E-state index is 12.1. The normalized spacial score (nSPS) is 10.7. The van der Waals surface area contributed by atoms with E-state index in [9.17, 15) is 4.79 Å². The molecule has 0 amide bonds. The van der Waals surface area contributed by atoms with Crippen LogP contribution in [-0.4, -0.2) is 10.8 Å². The summed E-state index contributed by atoms with van der Waals surface area (Å²) < 4.78 is 0. The maximum absolute atomic E-state index is 12.1. The van der Waals surface area contributed by atoms with Crippen LogP contribution in [0.1, 0.15) is 46.9 Å². The van der Waals surface area contributed by atoms with E-state index in [4.69, 9.17) is 0 Å². The summed E-state index contributed by atoms with van der Waals surface area (Å²) in [6.07, 6.45) is 2.10. The molecule has 1 aromatic heterocycles. The van der Waals surface area contributed by atoms with Gasteiger partial charge in [-0.2, -0.15) is 0 Å². The highest BCUT2D eigenvalue weighted by Crippen LogP contribution is 2.15. The zero-order chi connectivity index (χ0) is 13.8. The minimum Gasteiger partial charge on any atom is -0.292 e. The van der Waals surface area contributed by atoms with Crippen LogP contribution in [0.2, 0.25) is 0 Å². The van der Waals surface area contributed by atoms with Crippen LogP contribution in [0.15, 0.2) is 42.6 Å². The van der Waals surface area contributed by atoms with E-state index in [1.54, 1.807) is 6.20 Å². The van der Waals surface area contributed by atoms with Gasteiger partial charge in [0.05, 0.1) is 0 Å². The zero-order valence-corrected chi connectivity index (χ0v) is 11.7. The van der Waals surface area contributed by atoms with Crippen molar-refractivity contribution >= 4 is 5.78 Å². The van der Waals surface area contributed by atoms with E-state index in [-0.39, 0.29) is 5.78 Å². The van der Waals surface area contributed by atoms with E-state index in [1.165, 1.54) is 5.56 Å². The quantitative estimate of drug-likeness (QED) is 0.772. The van der Waals surface area contributed by atoms with Crippen LogP contribution < -0.4 is 0 Å². The third-order valence-electron chi connectivity index (χ3n) is 3.21. The average Bonchev–Trinajstić information content (AvgIpc) is 2.39. The Labute approximate surface area is 114 Å². The number of hydrogen-bond acceptors (Lipinski definition) is 2. The Morgan fingerprint density at radius 2 is 1.84 bits per heavy atom. The number of benzene rings is 1. The number of aromatic nitrogens is 1. The van der Waals surface area contributed by atoms with Gasteiger partial charge in [0, 0.05) is 12.6 Å². The van der Waals surface area contributed by atoms with Crippen molar-refractivity contribution in [2.45, 2.75) is 33.1 Å². The zero-order valence-electron chi connectivity index (χ0n) is 11.7. The summed E-state index contributed by atoms with van der Waals surface area (Å²) in [5, 5.41) is 0. The number of hydrogen-bond donors (Lipinski definition) is 0. The van der Waals surface area contributed by atoms with E-state index >= 15 is 0 Å². The topological polar surface area (TPSA) is 30.0 Å². The minimum absolute atomic E-state index is 0.0704. The second-order valence-electron chi connectivity index (χ2n) is 5.21. The van der Waals surface area contributed by atoms with Crippen molar-refractivity contribution in [3.8, 4) is 0 Å². The molecular formula is C17H19NO. The summed E-state index contributed by atoms with van der Waals surface area (Å²) in [4.78, 5) is 16.3. The van der Waals surface area contributed by atoms with Crippen molar-refractivity contribution in [3.05, 3.63) is 65.0 Å². The number of carbonyl (C=O) groups excluding carboxylic acids is 1. The fourth-order valence-electron chi connectivity index (χ4n) is 1.99. The second kappa shape index (κ2) is 5.79. The number of rotatable bonds is 4. The van der Waals surface area contributed by atoms with Gasteiger partial charge in [-0.05, 0) is 41.7 Å². The fourth-order valence-corrected chi connectivity index (χ4v) is 1.99. The van der Waals surface area contributed by atoms with Gasteiger partial charge in [0.1, 0.15) is 5.69 Å². The molecule has 2 nitrogen and oxygen atoms in total. The van der Waals surface area contributed by atoms with E-state index in [2.05, 4.69) is 31.0 Å². The molecule has 1 aromatic carbocycles. The Morgan fingerprint density at radius 3 is 2.42 bits per heavy atom. The van der Waals surface area contributed by atoms with Gasteiger partial charge in [-0.1, -0.05) is 38.1 Å². The standard InChI is InChI=1S/C17H19NO/c1-12(2)15-6-4-14(5-7-15)11-17(19)16-10-13(3)8-9-18-16/h4-10,12H,11H2,1-3H3. The molecule has 2 rings (SSSR count). The molecule has 0 aliphatic carbocycles.